The summed E-state index contributed by atoms with van der Waals surface area (Å²) >= 11 is 0. The van der Waals surface area contributed by atoms with Crippen molar-refractivity contribution in [2.75, 3.05) is 31.7 Å². The minimum Gasteiger partial charge on any atom is -0.377 e. The number of hydrogen-bond acceptors (Lipinski definition) is 3. The van der Waals surface area contributed by atoms with Gasteiger partial charge in [0.2, 0.25) is 5.91 Å². The molecule has 0 radical (unpaired) electrons. The van der Waals surface area contributed by atoms with Crippen molar-refractivity contribution in [1.82, 2.24) is 9.47 Å². The molecule has 1 unspecified atom stereocenters. The third-order valence-corrected chi connectivity index (χ3v) is 4.72. The number of carbonyl (C=O) groups is 2. The zero-order valence-corrected chi connectivity index (χ0v) is 15.1. The third-order valence-electron chi connectivity index (χ3n) is 4.72. The molecule has 1 atom stereocenters. The standard InChI is InChI=1S/C20H23N3O3/c1-4-19(24)22(3)16-9-7-15(8-10-16)20(25)23-12-13-26-14-18(23)17-6-5-11-21(17)2/h4-11,18H,1,12-14H2,2-3H3. The molecule has 2 aromatic rings. The second kappa shape index (κ2) is 7.58. The van der Waals surface area contributed by atoms with Crippen LogP contribution in [0.1, 0.15) is 22.1 Å². The Morgan fingerprint density at radius 1 is 1.27 bits per heavy atom. The first-order chi connectivity index (χ1) is 12.5. The van der Waals surface area contributed by atoms with Crippen molar-refractivity contribution in [3.8, 4) is 0 Å². The monoisotopic (exact) mass is 353 g/mol. The van der Waals surface area contributed by atoms with Crippen molar-refractivity contribution in [3.05, 3.63) is 66.5 Å². The number of carbonyl (C=O) groups excluding carboxylic acids is 2. The molecule has 0 saturated carbocycles. The van der Waals surface area contributed by atoms with E-state index in [2.05, 4.69) is 6.58 Å². The predicted molar refractivity (Wildman–Crippen MR) is 100 cm³/mol. The van der Waals surface area contributed by atoms with Gasteiger partial charge in [-0.15, -0.1) is 0 Å². The fraction of sp³-hybridized carbons (Fsp3) is 0.300. The highest BCUT2D eigenvalue weighted by Gasteiger charge is 2.30. The third kappa shape index (κ3) is 3.41. The van der Waals surface area contributed by atoms with Crippen LogP contribution >= 0.6 is 0 Å². The predicted octanol–water partition coefficient (Wildman–Crippen LogP) is 2.39. The summed E-state index contributed by atoms with van der Waals surface area (Å²) in [5, 5.41) is 0. The number of ether oxygens (including phenoxy) is 1. The van der Waals surface area contributed by atoms with E-state index in [-0.39, 0.29) is 17.9 Å². The average molecular weight is 353 g/mol. The maximum Gasteiger partial charge on any atom is 0.254 e. The Bertz CT molecular complexity index is 810. The number of morpholine rings is 1. The van der Waals surface area contributed by atoms with E-state index in [9.17, 15) is 9.59 Å². The van der Waals surface area contributed by atoms with Crippen LogP contribution in [0.3, 0.4) is 0 Å². The van der Waals surface area contributed by atoms with Crippen molar-refractivity contribution < 1.29 is 14.3 Å². The average Bonchev–Trinajstić information content (AvgIpc) is 3.12. The molecule has 1 aliphatic heterocycles. The van der Waals surface area contributed by atoms with Crippen LogP contribution in [0.5, 0.6) is 0 Å². The van der Waals surface area contributed by atoms with Crippen molar-refractivity contribution in [3.63, 3.8) is 0 Å². The van der Waals surface area contributed by atoms with Crippen LogP contribution in [-0.4, -0.2) is 48.1 Å². The molecule has 2 heterocycles. The van der Waals surface area contributed by atoms with Gasteiger partial charge >= 0.3 is 0 Å². The SMILES string of the molecule is C=CC(=O)N(C)c1ccc(C(=O)N2CCOCC2c2cccn2C)cc1. The number of likely N-dealkylation sites (N-methyl/N-ethyl adjacent to an activating group) is 1. The zero-order chi connectivity index (χ0) is 18.7. The summed E-state index contributed by atoms with van der Waals surface area (Å²) < 4.78 is 7.62. The Morgan fingerprint density at radius 3 is 2.62 bits per heavy atom. The molecule has 2 amide bonds. The molecular formula is C20H23N3O3. The molecule has 0 spiro atoms. The second-order valence-corrected chi connectivity index (χ2v) is 6.28. The van der Waals surface area contributed by atoms with Gasteiger partial charge in [0.05, 0.1) is 19.3 Å². The molecule has 0 bridgehead atoms. The van der Waals surface area contributed by atoms with E-state index < -0.39 is 0 Å². The fourth-order valence-corrected chi connectivity index (χ4v) is 3.17. The Hall–Kier alpha value is -2.86. The number of rotatable bonds is 4. The number of nitrogens with zero attached hydrogens (tertiary/aromatic N) is 3. The maximum atomic E-state index is 13.1. The van der Waals surface area contributed by atoms with Gasteiger partial charge in [-0.1, -0.05) is 6.58 Å². The van der Waals surface area contributed by atoms with Crippen molar-refractivity contribution in [1.29, 1.82) is 0 Å². The molecule has 1 saturated heterocycles. The first kappa shape index (κ1) is 17.9. The second-order valence-electron chi connectivity index (χ2n) is 6.28. The molecule has 1 aromatic heterocycles. The summed E-state index contributed by atoms with van der Waals surface area (Å²) in [6.07, 6.45) is 3.23. The Morgan fingerprint density at radius 2 is 2.00 bits per heavy atom. The number of hydrogen-bond donors (Lipinski definition) is 0. The molecule has 1 fully saturated rings. The number of benzene rings is 1. The van der Waals surface area contributed by atoms with Gasteiger partial charge in [-0.2, -0.15) is 0 Å². The largest absolute Gasteiger partial charge is 0.377 e. The number of amides is 2. The topological polar surface area (TPSA) is 54.8 Å². The zero-order valence-electron chi connectivity index (χ0n) is 15.1. The fourth-order valence-electron chi connectivity index (χ4n) is 3.17. The van der Waals surface area contributed by atoms with Gasteiger partial charge in [-0.25, -0.2) is 0 Å². The van der Waals surface area contributed by atoms with Gasteiger partial charge in [-0.3, -0.25) is 9.59 Å². The van der Waals surface area contributed by atoms with E-state index >= 15 is 0 Å². The molecule has 26 heavy (non-hydrogen) atoms. The number of anilines is 1. The Labute approximate surface area is 153 Å². The molecule has 6 nitrogen and oxygen atoms in total. The van der Waals surface area contributed by atoms with Crippen molar-refractivity contribution in [2.24, 2.45) is 7.05 Å². The molecule has 6 heteroatoms. The first-order valence-corrected chi connectivity index (χ1v) is 8.53. The van der Waals surface area contributed by atoms with Crippen LogP contribution in [0.15, 0.2) is 55.3 Å². The lowest BCUT2D eigenvalue weighted by Gasteiger charge is -2.36. The lowest BCUT2D eigenvalue weighted by atomic mass is 10.1. The lowest BCUT2D eigenvalue weighted by molar-refractivity contribution is -0.113. The molecule has 1 aromatic carbocycles. The van der Waals surface area contributed by atoms with Crippen LogP contribution in [0.2, 0.25) is 0 Å². The lowest BCUT2D eigenvalue weighted by Crippen LogP contribution is -2.44. The van der Waals surface area contributed by atoms with Gasteiger partial charge in [0, 0.05) is 43.8 Å². The summed E-state index contributed by atoms with van der Waals surface area (Å²) in [5.74, 6) is -0.232. The maximum absolute atomic E-state index is 13.1. The van der Waals surface area contributed by atoms with Crippen LogP contribution in [0.4, 0.5) is 5.69 Å². The van der Waals surface area contributed by atoms with E-state index in [1.807, 2.05) is 34.8 Å². The highest BCUT2D eigenvalue weighted by molar-refractivity contribution is 6.01. The van der Waals surface area contributed by atoms with Gasteiger partial charge in [0.25, 0.3) is 5.91 Å². The summed E-state index contributed by atoms with van der Waals surface area (Å²) in [7, 11) is 3.64. The van der Waals surface area contributed by atoms with E-state index in [1.165, 1.54) is 11.0 Å². The van der Waals surface area contributed by atoms with E-state index in [0.717, 1.165) is 5.69 Å². The van der Waals surface area contributed by atoms with E-state index in [1.54, 1.807) is 31.3 Å². The molecule has 136 valence electrons. The van der Waals surface area contributed by atoms with Crippen LogP contribution < -0.4 is 4.90 Å². The minimum absolute atomic E-state index is 0.0382. The van der Waals surface area contributed by atoms with Gasteiger partial charge in [0.1, 0.15) is 0 Å². The summed E-state index contributed by atoms with van der Waals surface area (Å²) in [4.78, 5) is 28.1. The smallest absolute Gasteiger partial charge is 0.254 e. The summed E-state index contributed by atoms with van der Waals surface area (Å²) in [5.41, 5.74) is 2.35. The highest BCUT2D eigenvalue weighted by atomic mass is 16.5. The van der Waals surface area contributed by atoms with Gasteiger partial charge in [0.15, 0.2) is 0 Å². The molecular weight excluding hydrogens is 330 g/mol. The van der Waals surface area contributed by atoms with E-state index in [0.29, 0.717) is 31.0 Å². The van der Waals surface area contributed by atoms with E-state index in [4.69, 9.17) is 4.74 Å². The van der Waals surface area contributed by atoms with Crippen molar-refractivity contribution >= 4 is 17.5 Å². The molecule has 1 aliphatic rings. The summed E-state index contributed by atoms with van der Waals surface area (Å²) in [6, 6.07) is 10.9. The number of aromatic nitrogens is 1. The summed E-state index contributed by atoms with van der Waals surface area (Å²) in [6.45, 7) is 5.05. The minimum atomic E-state index is -0.193. The quantitative estimate of drug-likeness (QED) is 0.793. The first-order valence-electron chi connectivity index (χ1n) is 8.53. The van der Waals surface area contributed by atoms with Crippen LogP contribution in [0, 0.1) is 0 Å². The molecule has 3 rings (SSSR count). The van der Waals surface area contributed by atoms with Crippen LogP contribution in [-0.2, 0) is 16.6 Å². The van der Waals surface area contributed by atoms with Crippen molar-refractivity contribution in [2.45, 2.75) is 6.04 Å². The molecule has 0 aliphatic carbocycles. The normalized spacial score (nSPS) is 17.0. The highest BCUT2D eigenvalue weighted by Crippen LogP contribution is 2.26. The number of aryl methyl sites for hydroxylation is 1. The Balaban J connectivity index is 1.82. The van der Waals surface area contributed by atoms with Crippen LogP contribution in [0.25, 0.3) is 0 Å². The van der Waals surface area contributed by atoms with Gasteiger partial charge in [-0.05, 0) is 42.5 Å². The van der Waals surface area contributed by atoms with Gasteiger partial charge < -0.3 is 19.1 Å². The Kier molecular flexibility index (Phi) is 5.23. The molecule has 0 N–H and O–H groups in total.